The van der Waals surface area contributed by atoms with Crippen LogP contribution in [0.25, 0.3) is 0 Å². The number of aryl methyl sites for hydroxylation is 4. The predicted molar refractivity (Wildman–Crippen MR) is 115 cm³/mol. The molecule has 0 saturated heterocycles. The van der Waals surface area contributed by atoms with Gasteiger partial charge in [-0.2, -0.15) is 17.9 Å². The van der Waals surface area contributed by atoms with Gasteiger partial charge in [-0.1, -0.05) is 35.9 Å². The Morgan fingerprint density at radius 3 is 2.07 bits per heavy atom. The maximum atomic E-state index is 13.7. The van der Waals surface area contributed by atoms with E-state index in [1.54, 1.807) is 26.0 Å². The summed E-state index contributed by atoms with van der Waals surface area (Å²) >= 11 is 0. The van der Waals surface area contributed by atoms with E-state index < -0.39 is 28.7 Å². The van der Waals surface area contributed by atoms with Gasteiger partial charge in [-0.05, 0) is 63.8 Å². The van der Waals surface area contributed by atoms with Gasteiger partial charge in [0.25, 0.3) is 0 Å². The van der Waals surface area contributed by atoms with Gasteiger partial charge in [0.05, 0.1) is 4.90 Å². The highest BCUT2D eigenvalue weighted by Crippen LogP contribution is 2.28. The lowest BCUT2D eigenvalue weighted by molar-refractivity contribution is -0.152. The summed E-state index contributed by atoms with van der Waals surface area (Å²) in [7, 11) is -4.34. The molecule has 0 saturated carbocycles. The molecule has 2 aromatic rings. The summed E-state index contributed by atoms with van der Waals surface area (Å²) in [4.78, 5) is 1.73. The number of rotatable bonds is 8. The molecule has 0 radical (unpaired) electrons. The number of sulfonamides is 1. The van der Waals surface area contributed by atoms with Crippen molar-refractivity contribution in [1.82, 2.24) is 4.72 Å². The third-order valence-electron chi connectivity index (χ3n) is 5.09. The zero-order chi connectivity index (χ0) is 22.7. The Labute approximate surface area is 177 Å². The number of hydrogen-bond donors (Lipinski definition) is 1. The van der Waals surface area contributed by atoms with E-state index in [9.17, 15) is 21.6 Å². The first-order chi connectivity index (χ1) is 13.9. The third-order valence-corrected chi connectivity index (χ3v) is 6.87. The second-order valence-corrected chi connectivity index (χ2v) is 9.25. The van der Waals surface area contributed by atoms with E-state index in [0.717, 1.165) is 16.8 Å². The first-order valence-corrected chi connectivity index (χ1v) is 11.3. The highest BCUT2D eigenvalue weighted by atomic mass is 32.2. The van der Waals surface area contributed by atoms with Crippen LogP contribution in [0, 0.1) is 27.7 Å². The first-order valence-electron chi connectivity index (χ1n) is 9.84. The largest absolute Gasteiger partial charge is 0.404 e. The molecule has 2 rings (SSSR count). The predicted octanol–water partition coefficient (Wildman–Crippen LogP) is 5.05. The Morgan fingerprint density at radius 1 is 1.00 bits per heavy atom. The number of nitrogens with zero attached hydrogens (tertiary/aromatic N) is 1. The minimum absolute atomic E-state index is 0.0694. The van der Waals surface area contributed by atoms with Crippen molar-refractivity contribution in [3.05, 3.63) is 58.7 Å². The van der Waals surface area contributed by atoms with Crippen molar-refractivity contribution < 1.29 is 21.6 Å². The van der Waals surface area contributed by atoms with Gasteiger partial charge in [0.2, 0.25) is 10.0 Å². The van der Waals surface area contributed by atoms with Gasteiger partial charge < -0.3 is 4.90 Å². The third kappa shape index (κ3) is 5.76. The fraction of sp³-hybridized carbons (Fsp3) is 0.455. The van der Waals surface area contributed by atoms with Gasteiger partial charge in [-0.3, -0.25) is 0 Å². The molecule has 2 aromatic carbocycles. The number of para-hydroxylation sites is 1. The molecule has 0 spiro atoms. The Morgan fingerprint density at radius 2 is 1.57 bits per heavy atom. The van der Waals surface area contributed by atoms with Crippen LogP contribution in [-0.4, -0.2) is 33.7 Å². The summed E-state index contributed by atoms with van der Waals surface area (Å²) in [6.45, 7) is 9.33. The number of nitrogens with one attached hydrogen (secondary N) is 1. The van der Waals surface area contributed by atoms with E-state index in [0.29, 0.717) is 17.7 Å². The van der Waals surface area contributed by atoms with Crippen LogP contribution in [-0.2, 0) is 10.0 Å². The smallest absolute Gasteiger partial charge is 0.372 e. The van der Waals surface area contributed by atoms with Crippen LogP contribution >= 0.6 is 0 Å². The SMILES string of the molecule is CCN(CCC(NS(=O)(=O)c1c(C)cc(C)cc1C)C(F)(F)F)c1ccccc1C. The molecule has 0 heterocycles. The lowest BCUT2D eigenvalue weighted by Gasteiger charge is -2.28. The van der Waals surface area contributed by atoms with E-state index >= 15 is 0 Å². The summed E-state index contributed by atoms with van der Waals surface area (Å²) in [5.41, 5.74) is 3.50. The molecule has 1 N–H and O–H groups in total. The van der Waals surface area contributed by atoms with Crippen molar-refractivity contribution in [1.29, 1.82) is 0 Å². The zero-order valence-electron chi connectivity index (χ0n) is 18.0. The Balaban J connectivity index is 2.28. The average Bonchev–Trinajstić information content (AvgIpc) is 2.60. The number of benzene rings is 2. The van der Waals surface area contributed by atoms with Gasteiger partial charge in [0.1, 0.15) is 6.04 Å². The van der Waals surface area contributed by atoms with Crippen LogP contribution in [0.3, 0.4) is 0 Å². The average molecular weight is 443 g/mol. The molecule has 1 unspecified atom stereocenters. The van der Waals surface area contributed by atoms with E-state index in [-0.39, 0.29) is 11.4 Å². The van der Waals surface area contributed by atoms with Crippen molar-refractivity contribution in [2.45, 2.75) is 58.2 Å². The van der Waals surface area contributed by atoms with E-state index in [2.05, 4.69) is 0 Å². The standard InChI is InChI=1S/C22H29F3N2O2S/c1-6-27(19-10-8-7-9-16(19)3)12-11-20(22(23,24)25)26-30(28,29)21-17(4)13-15(2)14-18(21)5/h7-10,13-14,20,26H,6,11-12H2,1-5H3. The van der Waals surface area contributed by atoms with Crippen molar-refractivity contribution >= 4 is 15.7 Å². The minimum Gasteiger partial charge on any atom is -0.372 e. The summed E-state index contributed by atoms with van der Waals surface area (Å²) in [6, 6.07) is 8.57. The summed E-state index contributed by atoms with van der Waals surface area (Å²) < 4.78 is 68.8. The fourth-order valence-electron chi connectivity index (χ4n) is 3.78. The summed E-state index contributed by atoms with van der Waals surface area (Å²) in [5.74, 6) is 0. The molecule has 8 heteroatoms. The topological polar surface area (TPSA) is 49.4 Å². The van der Waals surface area contributed by atoms with Gasteiger partial charge in [-0.25, -0.2) is 8.42 Å². The molecule has 0 aliphatic rings. The van der Waals surface area contributed by atoms with Crippen molar-refractivity contribution in [3.63, 3.8) is 0 Å². The fourth-order valence-corrected chi connectivity index (χ4v) is 5.49. The highest BCUT2D eigenvalue weighted by Gasteiger charge is 2.42. The van der Waals surface area contributed by atoms with Crippen LogP contribution in [0.15, 0.2) is 41.3 Å². The molecule has 166 valence electrons. The van der Waals surface area contributed by atoms with Gasteiger partial charge in [0, 0.05) is 18.8 Å². The molecule has 0 fully saturated rings. The zero-order valence-corrected chi connectivity index (χ0v) is 18.8. The first kappa shape index (κ1) is 24.2. The van der Waals surface area contributed by atoms with Crippen molar-refractivity contribution in [2.75, 3.05) is 18.0 Å². The van der Waals surface area contributed by atoms with Crippen LogP contribution in [0.4, 0.5) is 18.9 Å². The maximum Gasteiger partial charge on any atom is 0.404 e. The molecule has 0 amide bonds. The van der Waals surface area contributed by atoms with E-state index in [1.165, 1.54) is 0 Å². The van der Waals surface area contributed by atoms with Crippen LogP contribution in [0.1, 0.15) is 35.6 Å². The summed E-state index contributed by atoms with van der Waals surface area (Å²) in [6.07, 6.45) is -5.10. The molecule has 0 aliphatic carbocycles. The lowest BCUT2D eigenvalue weighted by atomic mass is 10.1. The Kier molecular flexibility index (Phi) is 7.58. The highest BCUT2D eigenvalue weighted by molar-refractivity contribution is 7.89. The monoisotopic (exact) mass is 442 g/mol. The normalized spacial score (nSPS) is 13.3. The number of alkyl halides is 3. The Bertz CT molecular complexity index is 965. The molecule has 1 atom stereocenters. The van der Waals surface area contributed by atoms with Gasteiger partial charge in [-0.15, -0.1) is 0 Å². The molecule has 0 bridgehead atoms. The minimum atomic E-state index is -4.70. The molecule has 4 nitrogen and oxygen atoms in total. The van der Waals surface area contributed by atoms with Crippen molar-refractivity contribution in [3.8, 4) is 0 Å². The van der Waals surface area contributed by atoms with Crippen molar-refractivity contribution in [2.24, 2.45) is 0 Å². The molecule has 0 aromatic heterocycles. The quantitative estimate of drug-likeness (QED) is 0.623. The lowest BCUT2D eigenvalue weighted by Crippen LogP contribution is -2.47. The Hall–Kier alpha value is -2.06. The summed E-state index contributed by atoms with van der Waals surface area (Å²) in [5, 5.41) is 0. The van der Waals surface area contributed by atoms with E-state index in [4.69, 9.17) is 0 Å². The number of halogens is 3. The number of hydrogen-bond acceptors (Lipinski definition) is 3. The van der Waals surface area contributed by atoms with Crippen LogP contribution in [0.2, 0.25) is 0 Å². The van der Waals surface area contributed by atoms with Gasteiger partial charge in [0.15, 0.2) is 0 Å². The van der Waals surface area contributed by atoms with E-state index in [1.807, 2.05) is 54.7 Å². The molecular formula is C22H29F3N2O2S. The second-order valence-electron chi connectivity index (χ2n) is 7.60. The van der Waals surface area contributed by atoms with Crippen LogP contribution < -0.4 is 9.62 Å². The van der Waals surface area contributed by atoms with Crippen LogP contribution in [0.5, 0.6) is 0 Å². The molecular weight excluding hydrogens is 413 g/mol. The second kappa shape index (κ2) is 9.39. The molecule has 30 heavy (non-hydrogen) atoms. The number of anilines is 1. The molecule has 0 aliphatic heterocycles. The maximum absolute atomic E-state index is 13.7. The van der Waals surface area contributed by atoms with Gasteiger partial charge >= 0.3 is 6.18 Å².